The summed E-state index contributed by atoms with van der Waals surface area (Å²) in [5.41, 5.74) is 13.7. The third kappa shape index (κ3) is 4.92. The molecule has 0 saturated carbocycles. The van der Waals surface area contributed by atoms with Crippen LogP contribution in [0.2, 0.25) is 0 Å². The van der Waals surface area contributed by atoms with Crippen LogP contribution in [-0.2, 0) is 0 Å². The molecule has 0 amide bonds. The fourth-order valence-electron chi connectivity index (χ4n) is 7.98. The quantitative estimate of drug-likeness (QED) is 0.181. The van der Waals surface area contributed by atoms with E-state index in [1.54, 1.807) is 0 Å². The molecule has 11 aromatic rings. The van der Waals surface area contributed by atoms with E-state index >= 15 is 0 Å². The minimum atomic E-state index is 0.700. The summed E-state index contributed by atoms with van der Waals surface area (Å²) in [6, 6.07) is 66.2. The van der Waals surface area contributed by atoms with Crippen molar-refractivity contribution in [3.05, 3.63) is 188 Å². The molecule has 0 saturated heterocycles. The largest absolute Gasteiger partial charge is 0.456 e. The van der Waals surface area contributed by atoms with Crippen molar-refractivity contribution in [1.29, 1.82) is 0 Å². The Kier molecular flexibility index (Phi) is 6.82. The van der Waals surface area contributed by atoms with Crippen molar-refractivity contribution in [3.8, 4) is 50.6 Å². The molecule has 0 radical (unpaired) electrons. The lowest BCUT2D eigenvalue weighted by Crippen LogP contribution is -1.96. The number of furan rings is 1. The van der Waals surface area contributed by atoms with Crippen LogP contribution in [-0.4, -0.2) is 14.5 Å². The van der Waals surface area contributed by atoms with E-state index in [9.17, 15) is 0 Å². The van der Waals surface area contributed by atoms with Crippen molar-refractivity contribution in [3.63, 3.8) is 0 Å². The van der Waals surface area contributed by atoms with Crippen LogP contribution in [0, 0.1) is 0 Å². The summed E-state index contributed by atoms with van der Waals surface area (Å²) in [5.74, 6) is 0.700. The molecule has 0 aliphatic heterocycles. The maximum atomic E-state index is 6.07. The molecule has 0 aliphatic rings. The van der Waals surface area contributed by atoms with Gasteiger partial charge in [0, 0.05) is 43.7 Å². The zero-order valence-electron chi connectivity index (χ0n) is 29.1. The zero-order valence-corrected chi connectivity index (χ0v) is 29.1. The van der Waals surface area contributed by atoms with E-state index in [2.05, 4.69) is 174 Å². The van der Waals surface area contributed by atoms with Gasteiger partial charge in [0.2, 0.25) is 0 Å². The number of nitrogens with zero attached hydrogens (tertiary/aromatic N) is 3. The van der Waals surface area contributed by atoms with Gasteiger partial charge in [0.05, 0.1) is 22.2 Å². The molecular weight excluding hydrogens is 659 g/mol. The van der Waals surface area contributed by atoms with Gasteiger partial charge in [-0.1, -0.05) is 133 Å². The number of benzene rings is 8. The second-order valence-electron chi connectivity index (χ2n) is 13.8. The fraction of sp³-hybridized carbons (Fsp3) is 0. The predicted octanol–water partition coefficient (Wildman–Crippen LogP) is 13.3. The zero-order chi connectivity index (χ0) is 35.6. The molecule has 3 aromatic heterocycles. The van der Waals surface area contributed by atoms with E-state index in [0.29, 0.717) is 5.82 Å². The Morgan fingerprint density at radius 2 is 0.944 bits per heavy atom. The smallest absolute Gasteiger partial charge is 0.160 e. The van der Waals surface area contributed by atoms with E-state index in [1.807, 2.05) is 18.2 Å². The van der Waals surface area contributed by atoms with Gasteiger partial charge in [-0.15, -0.1) is 0 Å². The maximum Gasteiger partial charge on any atom is 0.160 e. The van der Waals surface area contributed by atoms with E-state index in [1.165, 1.54) is 21.8 Å². The topological polar surface area (TPSA) is 43.9 Å². The highest BCUT2D eigenvalue weighted by Crippen LogP contribution is 2.38. The second kappa shape index (κ2) is 12.1. The number of aromatic nitrogens is 3. The van der Waals surface area contributed by atoms with Gasteiger partial charge in [-0.2, -0.15) is 0 Å². The third-order valence-corrected chi connectivity index (χ3v) is 10.6. The summed E-state index contributed by atoms with van der Waals surface area (Å²) in [6.07, 6.45) is 0. The highest BCUT2D eigenvalue weighted by atomic mass is 16.3. The van der Waals surface area contributed by atoms with Crippen LogP contribution in [0.4, 0.5) is 0 Å². The first-order valence-corrected chi connectivity index (χ1v) is 18.2. The SMILES string of the molecule is c1ccc(-c2nc(-c3ccc(-c4ccc5oc6ccccc6c5c4)cc3)nc3ccc(-c4ccc5c6ccccc6n(-c6ccccc6)c5c4)cc23)cc1. The molecule has 8 aromatic carbocycles. The first-order chi connectivity index (χ1) is 26.7. The Bertz CT molecular complexity index is 3200. The predicted molar refractivity (Wildman–Crippen MR) is 223 cm³/mol. The van der Waals surface area contributed by atoms with Gasteiger partial charge in [-0.25, -0.2) is 9.97 Å². The van der Waals surface area contributed by atoms with Crippen LogP contribution in [0.25, 0.3) is 105 Å². The molecule has 0 atom stereocenters. The molecule has 3 heterocycles. The maximum absolute atomic E-state index is 6.07. The second-order valence-corrected chi connectivity index (χ2v) is 13.8. The summed E-state index contributed by atoms with van der Waals surface area (Å²) >= 11 is 0. The Hall–Kier alpha value is -7.30. The summed E-state index contributed by atoms with van der Waals surface area (Å²) in [4.78, 5) is 10.4. The first kappa shape index (κ1) is 30.3. The van der Waals surface area contributed by atoms with Crippen LogP contribution in [0.3, 0.4) is 0 Å². The summed E-state index contributed by atoms with van der Waals surface area (Å²) in [6.45, 7) is 0. The lowest BCUT2D eigenvalue weighted by molar-refractivity contribution is 0.669. The van der Waals surface area contributed by atoms with Gasteiger partial charge in [0.15, 0.2) is 5.82 Å². The highest BCUT2D eigenvalue weighted by molar-refractivity contribution is 6.10. The van der Waals surface area contributed by atoms with Crippen molar-refractivity contribution in [2.24, 2.45) is 0 Å². The average molecular weight is 690 g/mol. The standard InChI is InChI=1S/C50H31N3O/c1-3-11-33(12-4-1)49-43-30-36(37-23-26-40-39-15-7-9-17-45(39)53(46(40)31-37)38-13-5-2-6-14-38)24-27-44(43)51-50(52-49)34-21-19-32(20-22-34)35-25-28-48-42(29-35)41-16-8-10-18-47(41)54-48/h1-31H. The van der Waals surface area contributed by atoms with Crippen LogP contribution in [0.1, 0.15) is 0 Å². The first-order valence-electron chi connectivity index (χ1n) is 18.2. The fourth-order valence-corrected chi connectivity index (χ4v) is 7.98. The molecule has 4 nitrogen and oxygen atoms in total. The molecule has 11 rings (SSSR count). The van der Waals surface area contributed by atoms with Crippen molar-refractivity contribution in [1.82, 2.24) is 14.5 Å². The van der Waals surface area contributed by atoms with E-state index < -0.39 is 0 Å². The molecule has 0 unspecified atom stereocenters. The number of hydrogen-bond acceptors (Lipinski definition) is 3. The third-order valence-electron chi connectivity index (χ3n) is 10.6. The van der Waals surface area contributed by atoms with Gasteiger partial charge in [-0.05, 0) is 76.9 Å². The molecular formula is C50H31N3O. The average Bonchev–Trinajstić information content (AvgIpc) is 3.79. The number of fused-ring (bicyclic) bond motifs is 7. The lowest BCUT2D eigenvalue weighted by atomic mass is 9.98. The molecule has 54 heavy (non-hydrogen) atoms. The van der Waals surface area contributed by atoms with Crippen molar-refractivity contribution in [2.75, 3.05) is 0 Å². The van der Waals surface area contributed by atoms with Crippen LogP contribution >= 0.6 is 0 Å². The van der Waals surface area contributed by atoms with E-state index in [4.69, 9.17) is 14.4 Å². The number of hydrogen-bond donors (Lipinski definition) is 0. The van der Waals surface area contributed by atoms with Gasteiger partial charge in [0.1, 0.15) is 11.2 Å². The van der Waals surface area contributed by atoms with E-state index in [-0.39, 0.29) is 0 Å². The van der Waals surface area contributed by atoms with Gasteiger partial charge in [-0.3, -0.25) is 0 Å². The molecule has 0 aliphatic carbocycles. The van der Waals surface area contributed by atoms with Crippen LogP contribution in [0.15, 0.2) is 192 Å². The van der Waals surface area contributed by atoms with Gasteiger partial charge >= 0.3 is 0 Å². The minimum absolute atomic E-state index is 0.700. The summed E-state index contributed by atoms with van der Waals surface area (Å²) in [7, 11) is 0. The Morgan fingerprint density at radius 1 is 0.352 bits per heavy atom. The van der Waals surface area contributed by atoms with Gasteiger partial charge < -0.3 is 8.98 Å². The van der Waals surface area contributed by atoms with Crippen LogP contribution < -0.4 is 0 Å². The minimum Gasteiger partial charge on any atom is -0.456 e. The van der Waals surface area contributed by atoms with E-state index in [0.717, 1.165) is 77.6 Å². The summed E-state index contributed by atoms with van der Waals surface area (Å²) in [5, 5.41) is 5.75. The molecule has 0 bridgehead atoms. The Labute approximate surface area is 311 Å². The normalized spacial score (nSPS) is 11.7. The molecule has 0 fully saturated rings. The molecule has 252 valence electrons. The van der Waals surface area contributed by atoms with Crippen molar-refractivity contribution in [2.45, 2.75) is 0 Å². The summed E-state index contributed by atoms with van der Waals surface area (Å²) < 4.78 is 8.43. The Morgan fingerprint density at radius 3 is 1.80 bits per heavy atom. The van der Waals surface area contributed by atoms with Gasteiger partial charge in [0.25, 0.3) is 0 Å². The van der Waals surface area contributed by atoms with Crippen molar-refractivity contribution < 1.29 is 4.42 Å². The molecule has 4 heteroatoms. The number of rotatable bonds is 5. The monoisotopic (exact) mass is 689 g/mol. The highest BCUT2D eigenvalue weighted by Gasteiger charge is 2.16. The van der Waals surface area contributed by atoms with Crippen LogP contribution in [0.5, 0.6) is 0 Å². The lowest BCUT2D eigenvalue weighted by Gasteiger charge is -2.12. The Balaban J connectivity index is 1.02. The van der Waals surface area contributed by atoms with Crippen molar-refractivity contribution >= 4 is 54.6 Å². The number of para-hydroxylation sites is 3. The molecule has 0 N–H and O–H groups in total. The molecule has 0 spiro atoms.